The SMILES string of the molecule is CS(=O)(=O)C(C(=O)NCCSN)c1nc2ccc(-c3ccc4c(c3)CNC4=O)cc2s1. The largest absolute Gasteiger partial charge is 0.354 e. The highest BCUT2D eigenvalue weighted by Crippen LogP contribution is 2.34. The number of benzene rings is 2. The first-order chi connectivity index (χ1) is 14.8. The lowest BCUT2D eigenvalue weighted by atomic mass is 10.0. The van der Waals surface area contributed by atoms with Gasteiger partial charge in [0.1, 0.15) is 5.01 Å². The molecule has 0 saturated heterocycles. The molecule has 1 unspecified atom stereocenters. The Morgan fingerprint density at radius 2 is 2.03 bits per heavy atom. The van der Waals surface area contributed by atoms with Gasteiger partial charge in [0.15, 0.2) is 15.1 Å². The third kappa shape index (κ3) is 4.45. The number of fused-ring (bicyclic) bond motifs is 2. The zero-order chi connectivity index (χ0) is 22.2. The van der Waals surface area contributed by atoms with E-state index < -0.39 is 21.0 Å². The highest BCUT2D eigenvalue weighted by atomic mass is 32.2. The number of nitrogens with one attached hydrogen (secondary N) is 2. The van der Waals surface area contributed by atoms with Crippen LogP contribution in [0.25, 0.3) is 21.3 Å². The van der Waals surface area contributed by atoms with Gasteiger partial charge in [-0.15, -0.1) is 11.3 Å². The van der Waals surface area contributed by atoms with Gasteiger partial charge in [-0.1, -0.05) is 24.1 Å². The summed E-state index contributed by atoms with van der Waals surface area (Å²) in [5.41, 5.74) is 4.12. The lowest BCUT2D eigenvalue weighted by Gasteiger charge is -2.12. The van der Waals surface area contributed by atoms with Crippen LogP contribution >= 0.6 is 23.3 Å². The molecule has 0 spiro atoms. The molecule has 3 aromatic rings. The van der Waals surface area contributed by atoms with Crippen molar-refractivity contribution in [2.75, 3.05) is 18.6 Å². The number of rotatable bonds is 7. The number of carbonyl (C=O) groups is 2. The fraction of sp³-hybridized carbons (Fsp3) is 0.250. The number of carbonyl (C=O) groups excluding carboxylic acids is 2. The average Bonchev–Trinajstić information content (AvgIpc) is 3.29. The molecule has 1 aliphatic rings. The average molecular weight is 477 g/mol. The van der Waals surface area contributed by atoms with E-state index in [1.165, 1.54) is 11.3 Å². The van der Waals surface area contributed by atoms with Crippen LogP contribution in [0.4, 0.5) is 0 Å². The summed E-state index contributed by atoms with van der Waals surface area (Å²) in [7, 11) is -3.72. The number of nitrogens with zero attached hydrogens (tertiary/aromatic N) is 1. The molecule has 8 nitrogen and oxygen atoms in total. The highest BCUT2D eigenvalue weighted by Gasteiger charge is 2.33. The summed E-state index contributed by atoms with van der Waals surface area (Å²) >= 11 is 2.26. The Morgan fingerprint density at radius 3 is 2.77 bits per heavy atom. The Bertz CT molecular complexity index is 1290. The lowest BCUT2D eigenvalue weighted by Crippen LogP contribution is -2.34. The van der Waals surface area contributed by atoms with Crippen molar-refractivity contribution in [2.24, 2.45) is 5.14 Å². The normalized spacial score (nSPS) is 14.3. The van der Waals surface area contributed by atoms with E-state index in [0.717, 1.165) is 39.6 Å². The fourth-order valence-corrected chi connectivity index (χ4v) is 6.23. The predicted molar refractivity (Wildman–Crippen MR) is 123 cm³/mol. The Balaban J connectivity index is 1.68. The molecule has 4 N–H and O–H groups in total. The molecule has 2 heterocycles. The van der Waals surface area contributed by atoms with Crippen molar-refractivity contribution in [1.29, 1.82) is 0 Å². The van der Waals surface area contributed by atoms with Gasteiger partial charge < -0.3 is 10.6 Å². The predicted octanol–water partition coefficient (Wildman–Crippen LogP) is 2.02. The number of hydrogen-bond acceptors (Lipinski definition) is 8. The molecule has 0 bridgehead atoms. The lowest BCUT2D eigenvalue weighted by molar-refractivity contribution is -0.120. The van der Waals surface area contributed by atoms with Crippen LogP contribution in [0, 0.1) is 0 Å². The van der Waals surface area contributed by atoms with E-state index in [9.17, 15) is 18.0 Å². The van der Waals surface area contributed by atoms with Crippen molar-refractivity contribution < 1.29 is 18.0 Å². The summed E-state index contributed by atoms with van der Waals surface area (Å²) in [6.45, 7) is 0.777. The first-order valence-corrected chi connectivity index (χ1v) is 13.2. The maximum absolute atomic E-state index is 12.6. The van der Waals surface area contributed by atoms with Crippen LogP contribution in [-0.4, -0.2) is 43.8 Å². The molecule has 2 amide bonds. The highest BCUT2D eigenvalue weighted by molar-refractivity contribution is 7.97. The van der Waals surface area contributed by atoms with Gasteiger partial charge in [-0.2, -0.15) is 0 Å². The second-order valence-electron chi connectivity index (χ2n) is 7.16. The van der Waals surface area contributed by atoms with Crippen LogP contribution in [0.1, 0.15) is 26.2 Å². The minimum absolute atomic E-state index is 0.0701. The zero-order valence-electron chi connectivity index (χ0n) is 16.5. The van der Waals surface area contributed by atoms with Gasteiger partial charge in [-0.3, -0.25) is 14.7 Å². The van der Waals surface area contributed by atoms with Gasteiger partial charge in [0.2, 0.25) is 5.91 Å². The molecule has 4 rings (SSSR count). The monoisotopic (exact) mass is 476 g/mol. The van der Waals surface area contributed by atoms with Crippen molar-refractivity contribution in [3.8, 4) is 11.1 Å². The van der Waals surface area contributed by atoms with Gasteiger partial charge in [0, 0.05) is 30.7 Å². The number of sulfone groups is 1. The van der Waals surface area contributed by atoms with E-state index in [-0.39, 0.29) is 17.5 Å². The van der Waals surface area contributed by atoms with E-state index in [1.54, 1.807) is 6.07 Å². The van der Waals surface area contributed by atoms with Crippen molar-refractivity contribution >= 4 is 55.2 Å². The van der Waals surface area contributed by atoms with Gasteiger partial charge >= 0.3 is 0 Å². The van der Waals surface area contributed by atoms with Crippen LogP contribution in [0.15, 0.2) is 36.4 Å². The molecule has 1 atom stereocenters. The number of amides is 2. The second kappa shape index (κ2) is 8.58. The third-order valence-electron chi connectivity index (χ3n) is 4.94. The number of aromatic nitrogens is 1. The molecule has 0 saturated carbocycles. The summed E-state index contributed by atoms with van der Waals surface area (Å²) in [6, 6.07) is 11.3. The molecular weight excluding hydrogens is 456 g/mol. The van der Waals surface area contributed by atoms with Crippen molar-refractivity contribution in [1.82, 2.24) is 15.6 Å². The van der Waals surface area contributed by atoms with Crippen LogP contribution in [-0.2, 0) is 21.2 Å². The maximum atomic E-state index is 12.6. The topological polar surface area (TPSA) is 131 Å². The van der Waals surface area contributed by atoms with E-state index in [0.29, 0.717) is 23.4 Å². The summed E-state index contributed by atoms with van der Waals surface area (Å²) in [6.07, 6.45) is 1.03. The van der Waals surface area contributed by atoms with E-state index >= 15 is 0 Å². The van der Waals surface area contributed by atoms with Gasteiger partial charge in [-0.25, -0.2) is 13.4 Å². The second-order valence-corrected chi connectivity index (χ2v) is 11.1. The zero-order valence-corrected chi connectivity index (χ0v) is 19.0. The van der Waals surface area contributed by atoms with Crippen molar-refractivity contribution in [3.63, 3.8) is 0 Å². The van der Waals surface area contributed by atoms with Gasteiger partial charge in [0.05, 0.1) is 10.2 Å². The molecule has 31 heavy (non-hydrogen) atoms. The summed E-state index contributed by atoms with van der Waals surface area (Å²) in [5.74, 6) is -0.196. The molecule has 1 aliphatic heterocycles. The smallest absolute Gasteiger partial charge is 0.251 e. The Hall–Kier alpha value is -2.47. The van der Waals surface area contributed by atoms with E-state index in [4.69, 9.17) is 5.14 Å². The Kier molecular flexibility index (Phi) is 6.02. The summed E-state index contributed by atoms with van der Waals surface area (Å²) < 4.78 is 25.5. The van der Waals surface area contributed by atoms with Crippen LogP contribution in [0.5, 0.6) is 0 Å². The Labute approximate surface area is 187 Å². The summed E-state index contributed by atoms with van der Waals surface area (Å²) in [5, 5.41) is 9.63. The molecule has 0 radical (unpaired) electrons. The van der Waals surface area contributed by atoms with Gasteiger partial charge in [0.25, 0.3) is 5.91 Å². The molecule has 0 aliphatic carbocycles. The van der Waals surface area contributed by atoms with E-state index in [1.807, 2.05) is 30.3 Å². The molecular formula is C20H20N4O4S3. The van der Waals surface area contributed by atoms with Crippen LogP contribution in [0.3, 0.4) is 0 Å². The number of hydrogen-bond donors (Lipinski definition) is 3. The summed E-state index contributed by atoms with van der Waals surface area (Å²) in [4.78, 5) is 28.8. The molecule has 0 fully saturated rings. The van der Waals surface area contributed by atoms with Gasteiger partial charge in [-0.05, 0) is 41.0 Å². The minimum atomic E-state index is -3.72. The molecule has 11 heteroatoms. The third-order valence-corrected chi connectivity index (χ3v) is 7.90. The fourth-order valence-electron chi connectivity index (χ4n) is 3.46. The number of nitrogens with two attached hydrogens (primary N) is 1. The van der Waals surface area contributed by atoms with Crippen LogP contribution < -0.4 is 15.8 Å². The first-order valence-electron chi connectivity index (χ1n) is 9.38. The molecule has 162 valence electrons. The van der Waals surface area contributed by atoms with Crippen molar-refractivity contribution in [2.45, 2.75) is 11.8 Å². The quantitative estimate of drug-likeness (QED) is 0.351. The molecule has 1 aromatic heterocycles. The first kappa shape index (κ1) is 21.8. The van der Waals surface area contributed by atoms with Crippen LogP contribution in [0.2, 0.25) is 0 Å². The Morgan fingerprint density at radius 1 is 1.29 bits per heavy atom. The number of thiazole rings is 1. The van der Waals surface area contributed by atoms with Crippen molar-refractivity contribution in [3.05, 3.63) is 52.5 Å². The molecule has 2 aromatic carbocycles. The standard InChI is InChI=1S/C20H20N4O4S3/c1-31(27,28)17(19(26)22-6-7-29-21)20-24-15-5-3-12(9-16(15)30-20)11-2-4-14-13(8-11)10-23-18(14)25/h2-5,8-9,17H,6-7,10,21H2,1H3,(H,22,26)(H,23,25). The maximum Gasteiger partial charge on any atom is 0.251 e. The minimum Gasteiger partial charge on any atom is -0.354 e. The van der Waals surface area contributed by atoms with E-state index in [2.05, 4.69) is 15.6 Å².